The first-order valence-electron chi connectivity index (χ1n) is 6.82. The van der Waals surface area contributed by atoms with Crippen LogP contribution in [0.4, 0.5) is 5.69 Å². The Morgan fingerprint density at radius 2 is 2.22 bits per heavy atom. The van der Waals surface area contributed by atoms with Gasteiger partial charge in [0.15, 0.2) is 0 Å². The molecule has 1 saturated carbocycles. The molecule has 0 spiro atoms. The molecule has 2 atom stereocenters. The van der Waals surface area contributed by atoms with Gasteiger partial charge in [0.05, 0.1) is 11.4 Å². The second kappa shape index (κ2) is 6.16. The monoisotopic (exact) mass is 248 g/mol. The SMILES string of the molecule is CC1CCCCC1N(C)Cc1cc(NN)ccn1. The van der Waals surface area contributed by atoms with Gasteiger partial charge < -0.3 is 5.43 Å². The number of aromatic nitrogens is 1. The van der Waals surface area contributed by atoms with E-state index in [9.17, 15) is 0 Å². The molecule has 0 saturated heterocycles. The molecule has 100 valence electrons. The molecular formula is C14H24N4. The molecule has 18 heavy (non-hydrogen) atoms. The Hall–Kier alpha value is -1.13. The molecule has 0 amide bonds. The number of nitrogens with zero attached hydrogens (tertiary/aromatic N) is 2. The van der Waals surface area contributed by atoms with Gasteiger partial charge in [0, 0.05) is 18.8 Å². The second-order valence-corrected chi connectivity index (χ2v) is 5.42. The molecule has 0 aliphatic heterocycles. The van der Waals surface area contributed by atoms with Gasteiger partial charge in [-0.15, -0.1) is 0 Å². The maximum absolute atomic E-state index is 5.42. The second-order valence-electron chi connectivity index (χ2n) is 5.42. The van der Waals surface area contributed by atoms with E-state index in [1.54, 1.807) is 0 Å². The molecule has 1 heterocycles. The summed E-state index contributed by atoms with van der Waals surface area (Å²) >= 11 is 0. The number of hydrazine groups is 1. The molecule has 0 aromatic carbocycles. The molecule has 1 aliphatic rings. The van der Waals surface area contributed by atoms with Crippen LogP contribution in [0.1, 0.15) is 38.3 Å². The zero-order chi connectivity index (χ0) is 13.0. The molecule has 2 unspecified atom stereocenters. The van der Waals surface area contributed by atoms with Crippen LogP contribution in [0.15, 0.2) is 18.3 Å². The lowest BCUT2D eigenvalue weighted by Crippen LogP contribution is -2.38. The van der Waals surface area contributed by atoms with Crippen molar-refractivity contribution < 1.29 is 0 Å². The first kappa shape index (κ1) is 13.3. The molecule has 3 N–H and O–H groups in total. The van der Waals surface area contributed by atoms with Gasteiger partial charge in [0.25, 0.3) is 0 Å². The van der Waals surface area contributed by atoms with E-state index in [2.05, 4.69) is 29.3 Å². The third-order valence-electron chi connectivity index (χ3n) is 4.03. The fourth-order valence-corrected chi connectivity index (χ4v) is 2.98. The van der Waals surface area contributed by atoms with Crippen LogP contribution in [-0.4, -0.2) is 23.0 Å². The highest BCUT2D eigenvalue weighted by Gasteiger charge is 2.24. The van der Waals surface area contributed by atoms with Crippen molar-refractivity contribution in [3.63, 3.8) is 0 Å². The van der Waals surface area contributed by atoms with Crippen LogP contribution >= 0.6 is 0 Å². The summed E-state index contributed by atoms with van der Waals surface area (Å²) < 4.78 is 0. The Morgan fingerprint density at radius 1 is 1.44 bits per heavy atom. The van der Waals surface area contributed by atoms with Crippen LogP contribution < -0.4 is 11.3 Å². The van der Waals surface area contributed by atoms with Crippen LogP contribution in [0, 0.1) is 5.92 Å². The van der Waals surface area contributed by atoms with Crippen molar-refractivity contribution in [2.45, 2.75) is 45.2 Å². The minimum absolute atomic E-state index is 0.690. The molecule has 0 bridgehead atoms. The van der Waals surface area contributed by atoms with E-state index in [1.807, 2.05) is 18.3 Å². The lowest BCUT2D eigenvalue weighted by molar-refractivity contribution is 0.132. The number of nitrogens with one attached hydrogen (secondary N) is 1. The highest BCUT2D eigenvalue weighted by molar-refractivity contribution is 5.41. The molecule has 0 radical (unpaired) electrons. The predicted octanol–water partition coefficient (Wildman–Crippen LogP) is 2.38. The summed E-state index contributed by atoms with van der Waals surface area (Å²) in [4.78, 5) is 6.85. The third kappa shape index (κ3) is 3.21. The Morgan fingerprint density at radius 3 is 2.94 bits per heavy atom. The zero-order valence-corrected chi connectivity index (χ0v) is 11.4. The summed E-state index contributed by atoms with van der Waals surface area (Å²) in [6, 6.07) is 4.59. The highest BCUT2D eigenvalue weighted by atomic mass is 15.2. The van der Waals surface area contributed by atoms with Gasteiger partial charge in [-0.2, -0.15) is 0 Å². The van der Waals surface area contributed by atoms with Crippen LogP contribution in [0.2, 0.25) is 0 Å². The molecule has 4 nitrogen and oxygen atoms in total. The largest absolute Gasteiger partial charge is 0.324 e. The molecule has 1 aromatic heterocycles. The van der Waals surface area contributed by atoms with Crippen molar-refractivity contribution in [1.29, 1.82) is 0 Å². The van der Waals surface area contributed by atoms with E-state index in [4.69, 9.17) is 5.84 Å². The molecule has 1 aromatic rings. The van der Waals surface area contributed by atoms with E-state index in [0.717, 1.165) is 23.8 Å². The summed E-state index contributed by atoms with van der Waals surface area (Å²) in [5.41, 5.74) is 4.67. The number of nitrogens with two attached hydrogens (primary N) is 1. The van der Waals surface area contributed by atoms with Gasteiger partial charge in [-0.05, 0) is 37.9 Å². The normalized spacial score (nSPS) is 24.2. The zero-order valence-electron chi connectivity index (χ0n) is 11.4. The number of hydrogen-bond donors (Lipinski definition) is 2. The molecule has 2 rings (SSSR count). The van der Waals surface area contributed by atoms with E-state index in [0.29, 0.717) is 6.04 Å². The van der Waals surface area contributed by atoms with Crippen LogP contribution in [0.25, 0.3) is 0 Å². The van der Waals surface area contributed by atoms with Crippen molar-refractivity contribution in [3.05, 3.63) is 24.0 Å². The smallest absolute Gasteiger partial charge is 0.0564 e. The van der Waals surface area contributed by atoms with Crippen molar-refractivity contribution in [1.82, 2.24) is 9.88 Å². The Bertz CT molecular complexity index is 380. The van der Waals surface area contributed by atoms with E-state index >= 15 is 0 Å². The van der Waals surface area contributed by atoms with Crippen molar-refractivity contribution in [3.8, 4) is 0 Å². The summed E-state index contributed by atoms with van der Waals surface area (Å²) in [6.07, 6.45) is 7.22. The lowest BCUT2D eigenvalue weighted by Gasteiger charge is -2.36. The number of nitrogen functional groups attached to an aromatic ring is 1. The Labute approximate surface area is 110 Å². The molecule has 4 heteroatoms. The van der Waals surface area contributed by atoms with Gasteiger partial charge >= 0.3 is 0 Å². The summed E-state index contributed by atoms with van der Waals surface area (Å²) in [5, 5.41) is 0. The molecular weight excluding hydrogens is 224 g/mol. The average Bonchev–Trinajstić information content (AvgIpc) is 2.39. The standard InChI is InChI=1S/C14H24N4/c1-11-5-3-4-6-14(11)18(2)10-13-9-12(17-15)7-8-16-13/h7-9,11,14H,3-6,10,15H2,1-2H3,(H,16,17). The first-order valence-corrected chi connectivity index (χ1v) is 6.82. The van der Waals surface area contributed by atoms with E-state index in [-0.39, 0.29) is 0 Å². The van der Waals surface area contributed by atoms with Crippen molar-refractivity contribution in [2.75, 3.05) is 12.5 Å². The maximum Gasteiger partial charge on any atom is 0.0564 e. The van der Waals surface area contributed by atoms with Gasteiger partial charge in [0.1, 0.15) is 0 Å². The van der Waals surface area contributed by atoms with Crippen LogP contribution in [0.5, 0.6) is 0 Å². The number of hydrogen-bond acceptors (Lipinski definition) is 4. The minimum Gasteiger partial charge on any atom is -0.324 e. The number of pyridine rings is 1. The van der Waals surface area contributed by atoms with Gasteiger partial charge in [-0.25, -0.2) is 0 Å². The van der Waals surface area contributed by atoms with Gasteiger partial charge in [-0.1, -0.05) is 19.8 Å². The average molecular weight is 248 g/mol. The topological polar surface area (TPSA) is 54.2 Å². The number of anilines is 1. The fraction of sp³-hybridized carbons (Fsp3) is 0.643. The quantitative estimate of drug-likeness (QED) is 0.634. The van der Waals surface area contributed by atoms with Gasteiger partial charge in [0.2, 0.25) is 0 Å². The number of rotatable bonds is 4. The van der Waals surface area contributed by atoms with E-state index < -0.39 is 0 Å². The van der Waals surface area contributed by atoms with Crippen molar-refractivity contribution in [2.24, 2.45) is 11.8 Å². The Balaban J connectivity index is 1.98. The van der Waals surface area contributed by atoms with Crippen molar-refractivity contribution >= 4 is 5.69 Å². The summed E-state index contributed by atoms with van der Waals surface area (Å²) in [7, 11) is 2.21. The van der Waals surface area contributed by atoms with Gasteiger partial charge in [-0.3, -0.25) is 15.7 Å². The fourth-order valence-electron chi connectivity index (χ4n) is 2.98. The summed E-state index contributed by atoms with van der Waals surface area (Å²) in [6.45, 7) is 3.26. The third-order valence-corrected chi connectivity index (χ3v) is 4.03. The van der Waals surface area contributed by atoms with Crippen LogP contribution in [-0.2, 0) is 6.54 Å². The maximum atomic E-state index is 5.42. The van der Waals surface area contributed by atoms with E-state index in [1.165, 1.54) is 25.7 Å². The molecule has 1 fully saturated rings. The highest BCUT2D eigenvalue weighted by Crippen LogP contribution is 2.28. The predicted molar refractivity (Wildman–Crippen MR) is 74.9 cm³/mol. The Kier molecular flexibility index (Phi) is 4.55. The lowest BCUT2D eigenvalue weighted by atomic mass is 9.85. The first-order chi connectivity index (χ1) is 8.70. The minimum atomic E-state index is 0.690. The summed E-state index contributed by atoms with van der Waals surface area (Å²) in [5.74, 6) is 6.21. The molecule has 1 aliphatic carbocycles. The van der Waals surface area contributed by atoms with Crippen LogP contribution in [0.3, 0.4) is 0 Å².